The molecule has 0 aliphatic rings. The molecule has 1 aromatic carbocycles. The van der Waals surface area contributed by atoms with Gasteiger partial charge < -0.3 is 14.3 Å². The Bertz CT molecular complexity index is 551. The predicted molar refractivity (Wildman–Crippen MR) is 59.4 cm³/mol. The minimum atomic E-state index is -0.999. The maximum absolute atomic E-state index is 10.4. The van der Waals surface area contributed by atoms with Crippen LogP contribution in [0, 0.1) is 0 Å². The van der Waals surface area contributed by atoms with E-state index in [9.17, 15) is 4.79 Å². The number of aliphatic carboxylic acids is 1. The molecule has 0 fully saturated rings. The van der Waals surface area contributed by atoms with Gasteiger partial charge in [-0.3, -0.25) is 0 Å². The van der Waals surface area contributed by atoms with Crippen LogP contribution in [-0.4, -0.2) is 18.2 Å². The molecule has 0 atom stereocenters. The molecular formula is C12H10O4. The summed E-state index contributed by atoms with van der Waals surface area (Å²) in [5.74, 6) is -0.381. The highest BCUT2D eigenvalue weighted by molar-refractivity contribution is 5.88. The first-order chi connectivity index (χ1) is 7.70. The molecule has 1 aromatic heterocycles. The summed E-state index contributed by atoms with van der Waals surface area (Å²) in [6, 6.07) is 5.37. The average molecular weight is 218 g/mol. The van der Waals surface area contributed by atoms with Crippen molar-refractivity contribution in [1.82, 2.24) is 0 Å². The molecule has 16 heavy (non-hydrogen) atoms. The fourth-order valence-electron chi connectivity index (χ4n) is 1.47. The number of carbonyl (C=O) groups is 1. The number of methoxy groups -OCH3 is 1. The van der Waals surface area contributed by atoms with Gasteiger partial charge in [0.2, 0.25) is 0 Å². The van der Waals surface area contributed by atoms with Crippen LogP contribution in [0.25, 0.3) is 17.0 Å². The highest BCUT2D eigenvalue weighted by Crippen LogP contribution is 2.27. The van der Waals surface area contributed by atoms with Gasteiger partial charge in [-0.1, -0.05) is 0 Å². The van der Waals surface area contributed by atoms with Crippen LogP contribution in [-0.2, 0) is 4.79 Å². The molecule has 0 radical (unpaired) electrons. The van der Waals surface area contributed by atoms with E-state index in [2.05, 4.69) is 0 Å². The molecule has 4 heteroatoms. The molecule has 0 spiro atoms. The van der Waals surface area contributed by atoms with E-state index in [1.165, 1.54) is 6.08 Å². The van der Waals surface area contributed by atoms with Crippen LogP contribution in [0.2, 0.25) is 0 Å². The monoisotopic (exact) mass is 218 g/mol. The average Bonchev–Trinajstić information content (AvgIpc) is 2.71. The topological polar surface area (TPSA) is 59.7 Å². The van der Waals surface area contributed by atoms with E-state index in [0.29, 0.717) is 16.9 Å². The van der Waals surface area contributed by atoms with E-state index < -0.39 is 5.97 Å². The van der Waals surface area contributed by atoms with E-state index in [1.807, 2.05) is 6.07 Å². The minimum Gasteiger partial charge on any atom is -0.496 e. The van der Waals surface area contributed by atoms with Gasteiger partial charge in [0.1, 0.15) is 11.3 Å². The zero-order valence-electron chi connectivity index (χ0n) is 8.64. The summed E-state index contributed by atoms with van der Waals surface area (Å²) < 4.78 is 10.4. The largest absolute Gasteiger partial charge is 0.496 e. The van der Waals surface area contributed by atoms with Crippen molar-refractivity contribution in [2.24, 2.45) is 0 Å². The Morgan fingerprint density at radius 3 is 3.00 bits per heavy atom. The molecule has 0 saturated heterocycles. The predicted octanol–water partition coefficient (Wildman–Crippen LogP) is 2.54. The number of fused-ring (bicyclic) bond motifs is 1. The van der Waals surface area contributed by atoms with Crippen molar-refractivity contribution in [1.29, 1.82) is 0 Å². The van der Waals surface area contributed by atoms with Gasteiger partial charge in [-0.25, -0.2) is 4.79 Å². The Labute approximate surface area is 91.7 Å². The van der Waals surface area contributed by atoms with E-state index in [4.69, 9.17) is 14.3 Å². The lowest BCUT2D eigenvalue weighted by Gasteiger charge is -2.04. The van der Waals surface area contributed by atoms with Gasteiger partial charge in [-0.2, -0.15) is 0 Å². The second kappa shape index (κ2) is 4.10. The number of ether oxygens (including phenoxy) is 1. The molecule has 4 nitrogen and oxygen atoms in total. The number of benzene rings is 1. The summed E-state index contributed by atoms with van der Waals surface area (Å²) in [7, 11) is 1.54. The van der Waals surface area contributed by atoms with Crippen molar-refractivity contribution in [3.63, 3.8) is 0 Å². The Morgan fingerprint density at radius 2 is 2.31 bits per heavy atom. The Morgan fingerprint density at radius 1 is 1.50 bits per heavy atom. The first kappa shape index (κ1) is 10.3. The summed E-state index contributed by atoms with van der Waals surface area (Å²) in [6.07, 6.45) is 4.12. The summed E-state index contributed by atoms with van der Waals surface area (Å²) in [6.45, 7) is 0. The third-order valence-electron chi connectivity index (χ3n) is 2.21. The normalized spacial score (nSPS) is 11.1. The zero-order valence-corrected chi connectivity index (χ0v) is 8.64. The standard InChI is InChI=1S/C12H10O4/c1-15-10-6-9-4-5-16-11(9)7-8(10)2-3-12(13)14/h2-7H,1H3,(H,13,14)/b3-2+. The number of hydrogen-bond acceptors (Lipinski definition) is 3. The third-order valence-corrected chi connectivity index (χ3v) is 2.21. The molecule has 2 rings (SSSR count). The van der Waals surface area contributed by atoms with Gasteiger partial charge in [0, 0.05) is 17.0 Å². The number of furan rings is 1. The lowest BCUT2D eigenvalue weighted by Crippen LogP contribution is -1.89. The zero-order chi connectivity index (χ0) is 11.5. The molecule has 0 unspecified atom stereocenters. The maximum Gasteiger partial charge on any atom is 0.328 e. The van der Waals surface area contributed by atoms with E-state index in [-0.39, 0.29) is 0 Å². The number of carboxylic acid groups (broad SMARTS) is 1. The summed E-state index contributed by atoms with van der Waals surface area (Å²) >= 11 is 0. The first-order valence-corrected chi connectivity index (χ1v) is 4.67. The van der Waals surface area contributed by atoms with Gasteiger partial charge in [0.05, 0.1) is 13.4 Å². The molecular weight excluding hydrogens is 208 g/mol. The quantitative estimate of drug-likeness (QED) is 0.804. The SMILES string of the molecule is COc1cc2ccoc2cc1/C=C/C(=O)O. The first-order valence-electron chi connectivity index (χ1n) is 4.67. The highest BCUT2D eigenvalue weighted by atomic mass is 16.5. The van der Waals surface area contributed by atoms with Crippen LogP contribution in [0.15, 0.2) is 35.0 Å². The highest BCUT2D eigenvalue weighted by Gasteiger charge is 2.05. The lowest BCUT2D eigenvalue weighted by molar-refractivity contribution is -0.131. The van der Waals surface area contributed by atoms with Gasteiger partial charge >= 0.3 is 5.97 Å². The summed E-state index contributed by atoms with van der Waals surface area (Å²) in [5, 5.41) is 9.48. The summed E-state index contributed by atoms with van der Waals surface area (Å²) in [4.78, 5) is 10.4. The molecule has 0 bridgehead atoms. The Balaban J connectivity index is 2.52. The molecule has 0 amide bonds. The van der Waals surface area contributed by atoms with Crippen LogP contribution >= 0.6 is 0 Å². The van der Waals surface area contributed by atoms with E-state index in [1.54, 1.807) is 25.5 Å². The number of rotatable bonds is 3. The van der Waals surface area contributed by atoms with Crippen LogP contribution in [0.1, 0.15) is 5.56 Å². The molecule has 1 N–H and O–H groups in total. The molecule has 2 aromatic rings. The van der Waals surface area contributed by atoms with Crippen molar-refractivity contribution in [2.75, 3.05) is 7.11 Å². The fourth-order valence-corrected chi connectivity index (χ4v) is 1.47. The second-order valence-electron chi connectivity index (χ2n) is 3.22. The maximum atomic E-state index is 10.4. The Kier molecular flexibility index (Phi) is 2.64. The van der Waals surface area contributed by atoms with Crippen LogP contribution in [0.3, 0.4) is 0 Å². The van der Waals surface area contributed by atoms with Crippen LogP contribution < -0.4 is 4.74 Å². The van der Waals surface area contributed by atoms with Gasteiger partial charge in [0.25, 0.3) is 0 Å². The molecule has 82 valence electrons. The number of carboxylic acids is 1. The van der Waals surface area contributed by atoms with Crippen molar-refractivity contribution in [2.45, 2.75) is 0 Å². The van der Waals surface area contributed by atoms with Crippen molar-refractivity contribution < 1.29 is 19.1 Å². The van der Waals surface area contributed by atoms with Gasteiger partial charge in [-0.15, -0.1) is 0 Å². The minimum absolute atomic E-state index is 0.617. The van der Waals surface area contributed by atoms with Crippen LogP contribution in [0.4, 0.5) is 0 Å². The molecule has 1 heterocycles. The molecule has 0 saturated carbocycles. The molecule has 0 aliphatic heterocycles. The molecule has 0 aliphatic carbocycles. The van der Waals surface area contributed by atoms with Crippen molar-refractivity contribution >= 4 is 23.0 Å². The van der Waals surface area contributed by atoms with E-state index >= 15 is 0 Å². The van der Waals surface area contributed by atoms with Crippen molar-refractivity contribution in [3.8, 4) is 5.75 Å². The lowest BCUT2D eigenvalue weighted by atomic mass is 10.1. The Hall–Kier alpha value is -2.23. The van der Waals surface area contributed by atoms with E-state index in [0.717, 1.165) is 11.5 Å². The van der Waals surface area contributed by atoms with Crippen LogP contribution in [0.5, 0.6) is 5.75 Å². The van der Waals surface area contributed by atoms with Gasteiger partial charge in [-0.05, 0) is 24.3 Å². The second-order valence-corrected chi connectivity index (χ2v) is 3.22. The smallest absolute Gasteiger partial charge is 0.328 e. The number of hydrogen-bond donors (Lipinski definition) is 1. The summed E-state index contributed by atoms with van der Waals surface area (Å²) in [5.41, 5.74) is 1.37. The van der Waals surface area contributed by atoms with Gasteiger partial charge in [0.15, 0.2) is 0 Å². The fraction of sp³-hybridized carbons (Fsp3) is 0.0833. The van der Waals surface area contributed by atoms with Crippen molar-refractivity contribution in [3.05, 3.63) is 36.1 Å². The third kappa shape index (κ3) is 1.91.